The molecule has 0 rings (SSSR count). The first-order valence-corrected chi connectivity index (χ1v) is 20.6. The summed E-state index contributed by atoms with van der Waals surface area (Å²) in [5.74, 6) is -0.443. The maximum Gasteiger partial charge on any atom is 2.00 e. The van der Waals surface area contributed by atoms with Gasteiger partial charge < -0.3 is 67.0 Å². The minimum atomic E-state index is -1.79. The van der Waals surface area contributed by atoms with Crippen LogP contribution in [0.3, 0.4) is 0 Å². The summed E-state index contributed by atoms with van der Waals surface area (Å²) in [7, 11) is 12.4. The van der Waals surface area contributed by atoms with Gasteiger partial charge in [0.15, 0.2) is 11.6 Å². The van der Waals surface area contributed by atoms with Crippen LogP contribution in [0.5, 0.6) is 0 Å². The molecule has 0 aliphatic carbocycles. The summed E-state index contributed by atoms with van der Waals surface area (Å²) < 4.78 is 0. The molecule has 0 saturated carbocycles. The molecule has 17 nitrogen and oxygen atoms in total. The third kappa shape index (κ3) is 208. The monoisotopic (exact) mass is 1410 g/mol. The number of hydrogen-bond donors (Lipinski definition) is 9. The number of aliphatic imine (C=N–C) groups is 1. The van der Waals surface area contributed by atoms with E-state index in [4.69, 9.17) is 46.6 Å². The first-order chi connectivity index (χ1) is 26.6. The van der Waals surface area contributed by atoms with Crippen molar-refractivity contribution in [3.8, 4) is 0 Å². The van der Waals surface area contributed by atoms with E-state index in [-0.39, 0.29) is 115 Å². The number of alkyl halides is 1. The van der Waals surface area contributed by atoms with E-state index in [1.54, 1.807) is 46.6 Å². The molecule has 0 heterocycles. The molecule has 0 bridgehead atoms. The molecule has 0 aliphatic heterocycles. The molecule has 0 amide bonds. The number of likely N-dealkylation sites (N-methyl/N-ethyl adjacent to an activating group) is 3. The fraction of sp³-hybridized carbons (Fsp3) is 0.850. The molecule has 6 atom stereocenters. The van der Waals surface area contributed by atoms with Crippen LogP contribution in [0.1, 0.15) is 110 Å². The van der Waals surface area contributed by atoms with Crippen LogP contribution in [0.25, 0.3) is 11.1 Å². The van der Waals surface area contributed by atoms with Crippen LogP contribution >= 0.6 is 39.9 Å². The number of Topliss-reactive ketones (excluding diaryl/α,β-unsaturated/α-hetero) is 3. The molecular formula is C40H94BrIN6O11W2. The van der Waals surface area contributed by atoms with Crippen molar-refractivity contribution in [3.05, 3.63) is 25.1 Å². The molecule has 0 saturated heterocycles. The molecule has 61 heavy (non-hydrogen) atoms. The SMILES string of the molecule is CC.CC(=O)C(O)O.CC(=O)CBr.CC(O)C[NH-].CCCC(C)O.CCN(C)CC(C)O.CCN=CC(C)=O.C[N-]CC(C)O.I.[CH2-]N(C)CC(C)O.[CH2-]NCC(C)O.[W+2].[W+2]. The second-order valence-electron chi connectivity index (χ2n) is 12.5. The largest absolute Gasteiger partial charge is 2.00 e. The first-order valence-electron chi connectivity index (χ1n) is 19.5. The van der Waals surface area contributed by atoms with Crippen LogP contribution in [0.2, 0.25) is 0 Å². The Kier molecular flexibility index (Phi) is 132. The molecule has 21 heteroatoms. The van der Waals surface area contributed by atoms with E-state index in [0.29, 0.717) is 31.5 Å². The van der Waals surface area contributed by atoms with Crippen molar-refractivity contribution >= 4 is 63.5 Å². The Labute approximate surface area is 428 Å². The molecule has 10 N–H and O–H groups in total. The van der Waals surface area contributed by atoms with Gasteiger partial charge in [0.2, 0.25) is 6.29 Å². The first kappa shape index (κ1) is 95.9. The Balaban J connectivity index is -0.0000000383. The second kappa shape index (κ2) is 84.2. The van der Waals surface area contributed by atoms with Gasteiger partial charge in [-0.2, -0.15) is 7.05 Å². The van der Waals surface area contributed by atoms with Crippen molar-refractivity contribution in [3.63, 3.8) is 0 Å². The van der Waals surface area contributed by atoms with E-state index in [0.717, 1.165) is 32.9 Å². The van der Waals surface area contributed by atoms with Crippen LogP contribution in [0.4, 0.5) is 0 Å². The zero-order valence-corrected chi connectivity index (χ0v) is 50.6. The predicted molar refractivity (Wildman–Crippen MR) is 263 cm³/mol. The molecular weight excluding hydrogens is 1310 g/mol. The van der Waals surface area contributed by atoms with Gasteiger partial charge in [0.25, 0.3) is 0 Å². The van der Waals surface area contributed by atoms with E-state index in [9.17, 15) is 14.4 Å². The number of halogens is 2. The molecule has 6 unspecified atom stereocenters. The Morgan fingerprint density at radius 3 is 1.18 bits per heavy atom. The zero-order chi connectivity index (χ0) is 48.8. The smallest absolute Gasteiger partial charge is 0.675 e. The van der Waals surface area contributed by atoms with Gasteiger partial charge in [-0.1, -0.05) is 50.0 Å². The molecule has 0 spiro atoms. The fourth-order valence-corrected chi connectivity index (χ4v) is 2.14. The number of carbonyl (C=O) groups excluding carboxylic acids is 3. The number of carbonyl (C=O) groups is 3. The number of ketones is 3. The summed E-state index contributed by atoms with van der Waals surface area (Å²) in [6.45, 7) is 28.9. The van der Waals surface area contributed by atoms with Crippen LogP contribution < -0.4 is 5.32 Å². The minimum Gasteiger partial charge on any atom is -0.675 e. The van der Waals surface area contributed by atoms with Crippen molar-refractivity contribution in [1.29, 1.82) is 0 Å². The fourth-order valence-electron chi connectivity index (χ4n) is 2.14. The summed E-state index contributed by atoms with van der Waals surface area (Å²) in [6.07, 6.45) is 0.00690. The van der Waals surface area contributed by atoms with E-state index >= 15 is 0 Å². The Morgan fingerprint density at radius 1 is 0.787 bits per heavy atom. The molecule has 0 aliphatic rings. The summed E-state index contributed by atoms with van der Waals surface area (Å²) >= 11 is 2.96. The molecule has 0 fully saturated rings. The minimum absolute atomic E-state index is 0. The average molecular weight is 1410 g/mol. The summed E-state index contributed by atoms with van der Waals surface area (Å²) in [6, 6.07) is 0. The van der Waals surface area contributed by atoms with Gasteiger partial charge in [0.05, 0.1) is 36.0 Å². The van der Waals surface area contributed by atoms with E-state index < -0.39 is 18.2 Å². The number of hydrogen-bond acceptors (Lipinski definition) is 15. The average Bonchev–Trinajstić information content (AvgIpc) is 3.09. The Hall–Kier alpha value is 0.747. The van der Waals surface area contributed by atoms with Crippen molar-refractivity contribution < 1.29 is 97.4 Å². The van der Waals surface area contributed by atoms with Gasteiger partial charge in [-0.3, -0.25) is 33.5 Å². The normalized spacial score (nSPS) is 11.9. The molecule has 0 aromatic rings. The number of aliphatic hydroxyl groups excluding tert-OH is 7. The Morgan fingerprint density at radius 2 is 1.15 bits per heavy atom. The number of nitrogens with one attached hydrogen (secondary N) is 2. The van der Waals surface area contributed by atoms with Crippen molar-refractivity contribution in [2.75, 3.05) is 72.3 Å². The van der Waals surface area contributed by atoms with Crippen LogP contribution in [-0.4, -0.2) is 189 Å². The van der Waals surface area contributed by atoms with E-state index in [1.807, 2.05) is 41.8 Å². The Bertz CT molecular complexity index is 770. The number of nitrogens with zero attached hydrogens (tertiary/aromatic N) is 4. The van der Waals surface area contributed by atoms with Crippen molar-refractivity contribution in [2.45, 2.75) is 153 Å². The maximum atomic E-state index is 10.1. The molecule has 376 valence electrons. The van der Waals surface area contributed by atoms with E-state index in [1.165, 1.54) is 20.1 Å². The maximum absolute atomic E-state index is 10.1. The van der Waals surface area contributed by atoms with Gasteiger partial charge in [-0.15, -0.1) is 37.1 Å². The second-order valence-corrected chi connectivity index (χ2v) is 13.1. The van der Waals surface area contributed by atoms with Gasteiger partial charge in [-0.05, 0) is 102 Å². The van der Waals surface area contributed by atoms with Gasteiger partial charge in [-0.25, -0.2) is 0 Å². The number of rotatable bonds is 16. The summed E-state index contributed by atoms with van der Waals surface area (Å²) in [5.41, 5.74) is 6.41. The summed E-state index contributed by atoms with van der Waals surface area (Å²) in [5, 5.41) is 73.5. The third-order valence-corrected chi connectivity index (χ3v) is 5.38. The van der Waals surface area contributed by atoms with Crippen LogP contribution in [0, 0.1) is 14.1 Å². The molecule has 0 aromatic heterocycles. The molecule has 0 aromatic carbocycles. The zero-order valence-electron chi connectivity index (χ0n) is 40.8. The van der Waals surface area contributed by atoms with Gasteiger partial charge in [0.1, 0.15) is 5.78 Å². The van der Waals surface area contributed by atoms with Crippen LogP contribution in [0.15, 0.2) is 4.99 Å². The number of aliphatic hydroxyl groups is 8. The van der Waals surface area contributed by atoms with Crippen LogP contribution in [-0.2, 0) is 56.5 Å². The topological polar surface area (TPSA) is 282 Å². The van der Waals surface area contributed by atoms with Crippen molar-refractivity contribution in [2.24, 2.45) is 4.99 Å². The van der Waals surface area contributed by atoms with Gasteiger partial charge in [0, 0.05) is 32.2 Å². The van der Waals surface area contributed by atoms with Gasteiger partial charge >= 0.3 is 42.1 Å². The predicted octanol–water partition coefficient (Wildman–Crippen LogP) is 4.28. The quantitative estimate of drug-likeness (QED) is 0.0343. The summed E-state index contributed by atoms with van der Waals surface area (Å²) in [4.78, 5) is 36.9. The molecule has 0 radical (unpaired) electrons. The van der Waals surface area contributed by atoms with Crippen molar-refractivity contribution in [1.82, 2.24) is 15.1 Å². The standard InChI is InChI=1S/C6H15NO.C5H12NO.C5H9NO.C5H12O.2C4H10NO.C3H5BrO.C3H8NO.C3H6O3.C2H6.HI.2W/c1-4-7(3)5-6(2)8;1-5(7)4-6(2)3;1-3-6-4-5(2)7;1-3-4-5(2)6;2*1-4(6)3-5-2;2*1-3(5)2-4;1-2(4)3(5)6;1-2;;;/h6,8H,4-5H2,1-3H3;5,7H,2,4H2,1,3H3;4H,3H2,1-2H3;5-6H,3-4H2,1-2H3;4,6H,3H2,1-2H3;4-6H,2-3H2,1H3;2H2,1H3;3-5H,2H2,1H3;3,5-6H,1H3;1-2H3;1H;;/q;-1;;;2*-1;;-1;;;;2*+2. The third-order valence-electron chi connectivity index (χ3n) is 4.59. The van der Waals surface area contributed by atoms with E-state index in [2.05, 4.69) is 64.4 Å².